The van der Waals surface area contributed by atoms with E-state index < -0.39 is 0 Å². The Balaban J connectivity index is 2.01. The summed E-state index contributed by atoms with van der Waals surface area (Å²) < 4.78 is 0. The summed E-state index contributed by atoms with van der Waals surface area (Å²) in [6.07, 6.45) is 5.24. The van der Waals surface area contributed by atoms with Gasteiger partial charge in [-0.3, -0.25) is 4.98 Å². The molecule has 0 bridgehead atoms. The lowest BCUT2D eigenvalue weighted by Crippen LogP contribution is -2.31. The minimum atomic E-state index is 0.249. The van der Waals surface area contributed by atoms with Crippen molar-refractivity contribution in [3.8, 4) is 0 Å². The lowest BCUT2D eigenvalue weighted by Gasteiger charge is -2.21. The number of nitrogens with zero attached hydrogens (tertiary/aromatic N) is 2. The van der Waals surface area contributed by atoms with E-state index in [1.807, 2.05) is 12.3 Å². The molecule has 3 heteroatoms. The van der Waals surface area contributed by atoms with Crippen LogP contribution in [-0.4, -0.2) is 36.6 Å². The van der Waals surface area contributed by atoms with Crippen molar-refractivity contribution >= 4 is 0 Å². The molecule has 2 atom stereocenters. The van der Waals surface area contributed by atoms with Crippen molar-refractivity contribution < 1.29 is 0 Å². The van der Waals surface area contributed by atoms with Crippen LogP contribution in [0.2, 0.25) is 0 Å². The second kappa shape index (κ2) is 4.93. The van der Waals surface area contributed by atoms with E-state index in [1.54, 1.807) is 0 Å². The Morgan fingerprint density at radius 1 is 1.56 bits per heavy atom. The Hall–Kier alpha value is -0.930. The van der Waals surface area contributed by atoms with Crippen LogP contribution >= 0.6 is 0 Å². The molecule has 1 aliphatic carbocycles. The van der Waals surface area contributed by atoms with Crippen molar-refractivity contribution in [3.05, 3.63) is 29.6 Å². The van der Waals surface area contributed by atoms with Gasteiger partial charge in [-0.1, -0.05) is 6.07 Å². The van der Waals surface area contributed by atoms with Gasteiger partial charge in [0.25, 0.3) is 0 Å². The van der Waals surface area contributed by atoms with Crippen LogP contribution in [0.3, 0.4) is 0 Å². The number of hydrogen-bond acceptors (Lipinski definition) is 3. The Labute approximate surface area is 97.7 Å². The Morgan fingerprint density at radius 2 is 2.38 bits per heavy atom. The van der Waals surface area contributed by atoms with Crippen molar-refractivity contribution in [1.82, 2.24) is 9.88 Å². The first-order valence-electron chi connectivity index (χ1n) is 6.02. The number of nitrogens with two attached hydrogens (primary N) is 1. The summed E-state index contributed by atoms with van der Waals surface area (Å²) in [5.41, 5.74) is 8.92. The summed E-state index contributed by atoms with van der Waals surface area (Å²) in [5, 5.41) is 0. The van der Waals surface area contributed by atoms with E-state index in [0.717, 1.165) is 19.4 Å². The molecule has 88 valence electrons. The highest BCUT2D eigenvalue weighted by Gasteiger charge is 2.28. The maximum atomic E-state index is 6.28. The average Bonchev–Trinajstić information content (AvgIpc) is 2.69. The van der Waals surface area contributed by atoms with Crippen molar-refractivity contribution in [1.29, 1.82) is 0 Å². The molecule has 2 unspecified atom stereocenters. The molecule has 0 saturated heterocycles. The van der Waals surface area contributed by atoms with Crippen LogP contribution in [0.4, 0.5) is 0 Å². The number of rotatable bonds is 4. The third-order valence-electron chi connectivity index (χ3n) is 3.43. The SMILES string of the molecule is CN(C)CCC(N)C1CCc2cccnc21. The Bertz CT molecular complexity index is 349. The molecule has 1 aromatic rings. The van der Waals surface area contributed by atoms with Crippen LogP contribution in [0.15, 0.2) is 18.3 Å². The molecule has 0 amide bonds. The van der Waals surface area contributed by atoms with E-state index in [4.69, 9.17) is 5.73 Å². The lowest BCUT2D eigenvalue weighted by atomic mass is 9.95. The number of pyridine rings is 1. The minimum Gasteiger partial charge on any atom is -0.327 e. The van der Waals surface area contributed by atoms with Gasteiger partial charge >= 0.3 is 0 Å². The molecular weight excluding hydrogens is 198 g/mol. The fraction of sp³-hybridized carbons (Fsp3) is 0.615. The van der Waals surface area contributed by atoms with Crippen molar-refractivity contribution in [2.75, 3.05) is 20.6 Å². The van der Waals surface area contributed by atoms with E-state index in [9.17, 15) is 0 Å². The predicted octanol–water partition coefficient (Wildman–Crippen LogP) is 1.39. The van der Waals surface area contributed by atoms with Crippen LogP contribution in [0.5, 0.6) is 0 Å². The van der Waals surface area contributed by atoms with Gasteiger partial charge in [0.05, 0.1) is 0 Å². The zero-order valence-electron chi connectivity index (χ0n) is 10.2. The van der Waals surface area contributed by atoms with E-state index in [0.29, 0.717) is 5.92 Å². The van der Waals surface area contributed by atoms with Crippen molar-refractivity contribution in [2.24, 2.45) is 5.73 Å². The highest BCUT2D eigenvalue weighted by Crippen LogP contribution is 2.33. The van der Waals surface area contributed by atoms with Crippen LogP contribution in [0.25, 0.3) is 0 Å². The molecule has 3 nitrogen and oxygen atoms in total. The monoisotopic (exact) mass is 219 g/mol. The molecule has 16 heavy (non-hydrogen) atoms. The third kappa shape index (κ3) is 2.42. The highest BCUT2D eigenvalue weighted by molar-refractivity contribution is 5.29. The molecule has 0 radical (unpaired) electrons. The first-order valence-corrected chi connectivity index (χ1v) is 6.02. The number of aryl methyl sites for hydroxylation is 1. The van der Waals surface area contributed by atoms with E-state index >= 15 is 0 Å². The fourth-order valence-corrected chi connectivity index (χ4v) is 2.47. The molecule has 0 aromatic carbocycles. The maximum absolute atomic E-state index is 6.28. The van der Waals surface area contributed by atoms with E-state index in [1.165, 1.54) is 17.7 Å². The van der Waals surface area contributed by atoms with Gasteiger partial charge in [0.2, 0.25) is 0 Å². The first-order chi connectivity index (χ1) is 7.68. The summed E-state index contributed by atoms with van der Waals surface area (Å²) in [5.74, 6) is 0.469. The molecule has 1 aromatic heterocycles. The third-order valence-corrected chi connectivity index (χ3v) is 3.43. The average molecular weight is 219 g/mol. The van der Waals surface area contributed by atoms with Crippen molar-refractivity contribution in [2.45, 2.75) is 31.2 Å². The number of fused-ring (bicyclic) bond motifs is 1. The van der Waals surface area contributed by atoms with E-state index in [2.05, 4.69) is 30.0 Å². The van der Waals surface area contributed by atoms with Crippen LogP contribution in [0, 0.1) is 0 Å². The largest absolute Gasteiger partial charge is 0.327 e. The fourth-order valence-electron chi connectivity index (χ4n) is 2.47. The van der Waals surface area contributed by atoms with Gasteiger partial charge in [-0.2, -0.15) is 0 Å². The van der Waals surface area contributed by atoms with Crippen molar-refractivity contribution in [3.63, 3.8) is 0 Å². The molecule has 0 fully saturated rings. The van der Waals surface area contributed by atoms with Crippen LogP contribution < -0.4 is 5.73 Å². The quantitative estimate of drug-likeness (QED) is 0.832. The lowest BCUT2D eigenvalue weighted by molar-refractivity contribution is 0.361. The zero-order chi connectivity index (χ0) is 11.5. The minimum absolute atomic E-state index is 0.249. The molecule has 2 rings (SSSR count). The predicted molar refractivity (Wildman–Crippen MR) is 66.4 cm³/mol. The van der Waals surface area contributed by atoms with Crippen LogP contribution in [-0.2, 0) is 6.42 Å². The van der Waals surface area contributed by atoms with Gasteiger partial charge < -0.3 is 10.6 Å². The van der Waals surface area contributed by atoms with Gasteiger partial charge in [-0.25, -0.2) is 0 Å². The van der Waals surface area contributed by atoms with E-state index in [-0.39, 0.29) is 6.04 Å². The van der Waals surface area contributed by atoms with Gasteiger partial charge in [0.1, 0.15) is 0 Å². The second-order valence-corrected chi connectivity index (χ2v) is 4.95. The number of aromatic nitrogens is 1. The highest BCUT2D eigenvalue weighted by atomic mass is 15.0. The zero-order valence-corrected chi connectivity index (χ0v) is 10.2. The summed E-state index contributed by atoms with van der Waals surface area (Å²) in [7, 11) is 4.18. The Kier molecular flexibility index (Phi) is 3.56. The molecule has 0 aliphatic heterocycles. The summed E-state index contributed by atoms with van der Waals surface area (Å²) in [6, 6.07) is 4.45. The molecule has 1 heterocycles. The smallest absolute Gasteiger partial charge is 0.0482 e. The molecular formula is C13H21N3. The van der Waals surface area contributed by atoms with Gasteiger partial charge in [0, 0.05) is 23.9 Å². The molecule has 1 aliphatic rings. The van der Waals surface area contributed by atoms with Gasteiger partial charge in [0.15, 0.2) is 0 Å². The first kappa shape index (κ1) is 11.6. The molecule has 0 spiro atoms. The summed E-state index contributed by atoms with van der Waals surface area (Å²) in [4.78, 5) is 6.68. The van der Waals surface area contributed by atoms with Gasteiger partial charge in [-0.05, 0) is 51.5 Å². The summed E-state index contributed by atoms with van der Waals surface area (Å²) in [6.45, 7) is 1.06. The Morgan fingerprint density at radius 3 is 3.12 bits per heavy atom. The standard InChI is InChI=1S/C13H21N3/c1-16(2)9-7-12(14)11-6-5-10-4-3-8-15-13(10)11/h3-4,8,11-12H,5-7,9,14H2,1-2H3. The normalized spacial score (nSPS) is 21.1. The molecule has 2 N–H and O–H groups in total. The topological polar surface area (TPSA) is 42.1 Å². The second-order valence-electron chi connectivity index (χ2n) is 4.95. The maximum Gasteiger partial charge on any atom is 0.0482 e. The van der Waals surface area contributed by atoms with Gasteiger partial charge in [-0.15, -0.1) is 0 Å². The molecule has 0 saturated carbocycles. The van der Waals surface area contributed by atoms with Crippen LogP contribution in [0.1, 0.15) is 30.0 Å². The number of hydrogen-bond donors (Lipinski definition) is 1. The summed E-state index contributed by atoms with van der Waals surface area (Å²) >= 11 is 0.